The molecule has 1 fully saturated rings. The third-order valence-electron chi connectivity index (χ3n) is 5.57. The Hall–Kier alpha value is -2.49. The Balaban J connectivity index is 1.86. The number of hydrogen-bond donors (Lipinski definition) is 2. The summed E-state index contributed by atoms with van der Waals surface area (Å²) in [6.45, 7) is 6.58. The van der Waals surface area contributed by atoms with Gasteiger partial charge in [-0.25, -0.2) is 0 Å². The molecule has 1 amide bonds. The van der Waals surface area contributed by atoms with E-state index in [1.807, 2.05) is 24.3 Å². The summed E-state index contributed by atoms with van der Waals surface area (Å²) >= 11 is 0. The molecular formula is C22H29N3O. The van der Waals surface area contributed by atoms with Crippen molar-refractivity contribution in [3.8, 4) is 0 Å². The standard InChI is InChI=1S/C22H29N3O/c1-15-10-12-25(13-11-15)21-9-8-17(14-20(21)23)16(2)18-6-4-5-7-19(18)22(26)24-3/h4-9,14-16H,10-13,23H2,1-3H3,(H,24,26). The van der Waals surface area contributed by atoms with Gasteiger partial charge in [-0.05, 0) is 48.1 Å². The maximum Gasteiger partial charge on any atom is 0.251 e. The van der Waals surface area contributed by atoms with Crippen LogP contribution in [0.25, 0.3) is 0 Å². The molecule has 0 aliphatic carbocycles. The van der Waals surface area contributed by atoms with Gasteiger partial charge < -0.3 is 16.0 Å². The average molecular weight is 351 g/mol. The Morgan fingerprint density at radius 2 is 1.88 bits per heavy atom. The number of benzene rings is 2. The molecule has 4 nitrogen and oxygen atoms in total. The van der Waals surface area contributed by atoms with Gasteiger partial charge in [-0.2, -0.15) is 0 Å². The van der Waals surface area contributed by atoms with E-state index in [1.165, 1.54) is 12.8 Å². The highest BCUT2D eigenvalue weighted by Crippen LogP contribution is 2.33. The summed E-state index contributed by atoms with van der Waals surface area (Å²) in [4.78, 5) is 14.6. The van der Waals surface area contributed by atoms with E-state index in [0.29, 0.717) is 0 Å². The van der Waals surface area contributed by atoms with Crippen molar-refractivity contribution in [3.63, 3.8) is 0 Å². The van der Waals surface area contributed by atoms with Crippen LogP contribution in [-0.4, -0.2) is 26.0 Å². The fourth-order valence-corrected chi connectivity index (χ4v) is 3.78. The fraction of sp³-hybridized carbons (Fsp3) is 0.409. The van der Waals surface area contributed by atoms with Crippen molar-refractivity contribution in [2.75, 3.05) is 30.8 Å². The van der Waals surface area contributed by atoms with E-state index >= 15 is 0 Å². The molecular weight excluding hydrogens is 322 g/mol. The van der Waals surface area contributed by atoms with Crippen LogP contribution in [0.4, 0.5) is 11.4 Å². The lowest BCUT2D eigenvalue weighted by molar-refractivity contribution is 0.0962. The molecule has 1 heterocycles. The molecule has 26 heavy (non-hydrogen) atoms. The largest absolute Gasteiger partial charge is 0.397 e. The SMILES string of the molecule is CNC(=O)c1ccccc1C(C)c1ccc(N2CCC(C)CC2)c(N)c1. The van der Waals surface area contributed by atoms with Gasteiger partial charge >= 0.3 is 0 Å². The summed E-state index contributed by atoms with van der Waals surface area (Å²) < 4.78 is 0. The first-order chi connectivity index (χ1) is 12.5. The van der Waals surface area contributed by atoms with E-state index in [9.17, 15) is 4.79 Å². The summed E-state index contributed by atoms with van der Waals surface area (Å²) in [5.41, 5.74) is 11.2. The zero-order valence-electron chi connectivity index (χ0n) is 16.0. The molecule has 1 unspecified atom stereocenters. The normalized spacial score (nSPS) is 16.3. The van der Waals surface area contributed by atoms with Crippen LogP contribution in [0.5, 0.6) is 0 Å². The molecule has 3 N–H and O–H groups in total. The lowest BCUT2D eigenvalue weighted by Crippen LogP contribution is -2.33. The van der Waals surface area contributed by atoms with E-state index in [-0.39, 0.29) is 11.8 Å². The number of amides is 1. The van der Waals surface area contributed by atoms with Gasteiger partial charge in [0.1, 0.15) is 0 Å². The van der Waals surface area contributed by atoms with Crippen molar-refractivity contribution in [1.29, 1.82) is 0 Å². The van der Waals surface area contributed by atoms with Crippen LogP contribution >= 0.6 is 0 Å². The Labute approximate surface area is 156 Å². The summed E-state index contributed by atoms with van der Waals surface area (Å²) in [6, 6.07) is 14.1. The quantitative estimate of drug-likeness (QED) is 0.818. The topological polar surface area (TPSA) is 58.4 Å². The predicted molar refractivity (Wildman–Crippen MR) is 109 cm³/mol. The minimum Gasteiger partial charge on any atom is -0.397 e. The molecule has 1 aliphatic heterocycles. The highest BCUT2D eigenvalue weighted by Gasteiger charge is 2.20. The van der Waals surface area contributed by atoms with E-state index < -0.39 is 0 Å². The van der Waals surface area contributed by atoms with E-state index in [4.69, 9.17) is 5.73 Å². The monoisotopic (exact) mass is 351 g/mol. The smallest absolute Gasteiger partial charge is 0.251 e. The second kappa shape index (κ2) is 7.81. The van der Waals surface area contributed by atoms with E-state index in [2.05, 4.69) is 42.3 Å². The zero-order valence-corrected chi connectivity index (χ0v) is 16.0. The van der Waals surface area contributed by atoms with Gasteiger partial charge in [0.05, 0.1) is 11.4 Å². The third kappa shape index (κ3) is 3.69. The van der Waals surface area contributed by atoms with Gasteiger partial charge in [0.15, 0.2) is 0 Å². The molecule has 3 rings (SSSR count). The molecule has 0 aromatic heterocycles. The van der Waals surface area contributed by atoms with Gasteiger partial charge in [-0.15, -0.1) is 0 Å². The first kappa shape index (κ1) is 18.3. The lowest BCUT2D eigenvalue weighted by atomic mass is 9.88. The van der Waals surface area contributed by atoms with Crippen LogP contribution in [0.1, 0.15) is 54.1 Å². The van der Waals surface area contributed by atoms with Crippen LogP contribution < -0.4 is 16.0 Å². The zero-order chi connectivity index (χ0) is 18.7. The van der Waals surface area contributed by atoms with Gasteiger partial charge in [0.25, 0.3) is 5.91 Å². The summed E-state index contributed by atoms with van der Waals surface area (Å²) in [5, 5.41) is 2.72. The summed E-state index contributed by atoms with van der Waals surface area (Å²) in [5.74, 6) is 0.841. The van der Waals surface area contributed by atoms with Crippen molar-refractivity contribution in [2.45, 2.75) is 32.6 Å². The molecule has 4 heteroatoms. The minimum absolute atomic E-state index is 0.0560. The molecule has 0 spiro atoms. The number of nitrogen functional groups attached to an aromatic ring is 1. The number of carbonyl (C=O) groups is 1. The number of hydrogen-bond acceptors (Lipinski definition) is 3. The van der Waals surface area contributed by atoms with Gasteiger partial charge in [0.2, 0.25) is 0 Å². The molecule has 0 saturated carbocycles. The lowest BCUT2D eigenvalue weighted by Gasteiger charge is -2.33. The number of nitrogens with one attached hydrogen (secondary N) is 1. The Morgan fingerprint density at radius 1 is 1.19 bits per heavy atom. The Bertz CT molecular complexity index is 779. The van der Waals surface area contributed by atoms with Crippen molar-refractivity contribution in [2.24, 2.45) is 5.92 Å². The number of nitrogens with zero attached hydrogens (tertiary/aromatic N) is 1. The maximum atomic E-state index is 12.2. The summed E-state index contributed by atoms with van der Waals surface area (Å²) in [7, 11) is 1.66. The van der Waals surface area contributed by atoms with Crippen molar-refractivity contribution < 1.29 is 4.79 Å². The highest BCUT2D eigenvalue weighted by molar-refractivity contribution is 5.95. The second-order valence-electron chi connectivity index (χ2n) is 7.38. The first-order valence-corrected chi connectivity index (χ1v) is 9.46. The number of anilines is 2. The minimum atomic E-state index is -0.0560. The van der Waals surface area contributed by atoms with Gasteiger partial charge in [-0.3, -0.25) is 4.79 Å². The molecule has 1 saturated heterocycles. The van der Waals surface area contributed by atoms with Gasteiger partial charge in [-0.1, -0.05) is 38.1 Å². The highest BCUT2D eigenvalue weighted by atomic mass is 16.1. The van der Waals surface area contributed by atoms with Crippen LogP contribution in [0.2, 0.25) is 0 Å². The Morgan fingerprint density at radius 3 is 2.54 bits per heavy atom. The molecule has 2 aromatic rings. The molecule has 0 radical (unpaired) electrons. The molecule has 2 aromatic carbocycles. The number of nitrogens with two attached hydrogens (primary N) is 1. The summed E-state index contributed by atoms with van der Waals surface area (Å²) in [6.07, 6.45) is 2.44. The third-order valence-corrected chi connectivity index (χ3v) is 5.57. The van der Waals surface area contributed by atoms with Crippen LogP contribution in [-0.2, 0) is 0 Å². The number of carbonyl (C=O) groups excluding carboxylic acids is 1. The fourth-order valence-electron chi connectivity index (χ4n) is 3.78. The van der Waals surface area contributed by atoms with Crippen molar-refractivity contribution >= 4 is 17.3 Å². The van der Waals surface area contributed by atoms with Crippen LogP contribution in [0.3, 0.4) is 0 Å². The average Bonchev–Trinajstić information content (AvgIpc) is 2.67. The van der Waals surface area contributed by atoms with E-state index in [1.54, 1.807) is 7.05 Å². The molecule has 1 aliphatic rings. The Kier molecular flexibility index (Phi) is 5.50. The van der Waals surface area contributed by atoms with Gasteiger partial charge in [0, 0.05) is 31.6 Å². The molecule has 1 atom stereocenters. The molecule has 0 bridgehead atoms. The van der Waals surface area contributed by atoms with Crippen LogP contribution in [0, 0.1) is 5.92 Å². The van der Waals surface area contributed by atoms with Crippen molar-refractivity contribution in [3.05, 3.63) is 59.2 Å². The number of piperidine rings is 1. The van der Waals surface area contributed by atoms with Crippen LogP contribution in [0.15, 0.2) is 42.5 Å². The maximum absolute atomic E-state index is 12.2. The second-order valence-corrected chi connectivity index (χ2v) is 7.38. The molecule has 138 valence electrons. The first-order valence-electron chi connectivity index (χ1n) is 9.46. The number of rotatable bonds is 4. The predicted octanol–water partition coefficient (Wildman–Crippen LogP) is 4.02. The van der Waals surface area contributed by atoms with E-state index in [0.717, 1.165) is 47.1 Å². The van der Waals surface area contributed by atoms with Crippen molar-refractivity contribution in [1.82, 2.24) is 5.32 Å².